The van der Waals surface area contributed by atoms with Crippen molar-refractivity contribution in [3.8, 4) is 0 Å². The molecule has 0 aromatic rings. The summed E-state index contributed by atoms with van der Waals surface area (Å²) >= 11 is 1.80. The van der Waals surface area contributed by atoms with Gasteiger partial charge in [0, 0.05) is 7.11 Å². The Morgan fingerprint density at radius 1 is 1.50 bits per heavy atom. The maximum atomic E-state index is 4.86. The highest BCUT2D eigenvalue weighted by Crippen LogP contribution is 2.00. The molecule has 0 radical (unpaired) electrons. The Kier molecular flexibility index (Phi) is 4.83. The van der Waals surface area contributed by atoms with E-state index in [4.69, 9.17) is 7.80 Å². The van der Waals surface area contributed by atoms with Gasteiger partial charge in [-0.1, -0.05) is 0 Å². The zero-order chi connectivity index (χ0) is 6.57. The summed E-state index contributed by atoms with van der Waals surface area (Å²) in [5.41, 5.74) is 0. The molecule has 3 nitrogen and oxygen atoms in total. The lowest BCUT2D eigenvalue weighted by molar-refractivity contribution is -0.116. The third-order valence-corrected chi connectivity index (χ3v) is 1.13. The van der Waals surface area contributed by atoms with Crippen LogP contribution in [0.25, 0.3) is 0 Å². The van der Waals surface area contributed by atoms with Gasteiger partial charge < -0.3 is 4.74 Å². The van der Waals surface area contributed by atoms with Crippen LogP contribution in [-0.2, 0) is 7.80 Å². The fourth-order valence-corrected chi connectivity index (χ4v) is 0.989. The highest BCUT2D eigenvalue weighted by molar-refractivity contribution is 14.1. The number of hydrogen-bond donors (Lipinski definition) is 0. The predicted octanol–water partition coefficient (Wildman–Crippen LogP) is 0.845. The van der Waals surface area contributed by atoms with E-state index in [9.17, 15) is 0 Å². The lowest BCUT2D eigenvalue weighted by Crippen LogP contribution is -2.29. The van der Waals surface area contributed by atoms with Gasteiger partial charge in [-0.3, -0.25) is 7.97 Å². The highest BCUT2D eigenvalue weighted by Gasteiger charge is 2.06. The van der Waals surface area contributed by atoms with Crippen molar-refractivity contribution in [3.63, 3.8) is 0 Å². The summed E-state index contributed by atoms with van der Waals surface area (Å²) in [6, 6.07) is 0. The number of nitrogens with zero attached hydrogens (tertiary/aromatic N) is 1. The Labute approximate surface area is 63.6 Å². The second-order valence-corrected chi connectivity index (χ2v) is 2.10. The maximum absolute atomic E-state index is 4.86. The number of rotatable bonds is 3. The van der Waals surface area contributed by atoms with Crippen molar-refractivity contribution in [3.05, 3.63) is 0 Å². The van der Waals surface area contributed by atoms with Gasteiger partial charge >= 0.3 is 0 Å². The molecule has 50 valence electrons. The third-order valence-electron chi connectivity index (χ3n) is 0.699. The predicted molar refractivity (Wildman–Crippen MR) is 39.6 cm³/mol. The van der Waals surface area contributed by atoms with Crippen LogP contribution < -0.4 is 0 Å². The molecule has 0 amide bonds. The van der Waals surface area contributed by atoms with Gasteiger partial charge in [0.15, 0.2) is 0 Å². The van der Waals surface area contributed by atoms with Crippen molar-refractivity contribution in [2.45, 2.75) is 6.41 Å². The highest BCUT2D eigenvalue weighted by atomic mass is 127. The minimum Gasteiger partial charge on any atom is -0.342 e. The zero-order valence-electron chi connectivity index (χ0n) is 5.22. The molecule has 1 atom stereocenters. The number of hydrogen-bond acceptors (Lipinski definition) is 3. The summed E-state index contributed by atoms with van der Waals surface area (Å²) in [5.74, 6) is 0. The third kappa shape index (κ3) is 2.81. The SMILES string of the molecule is COC(OI)N(C)C. The zero-order valence-corrected chi connectivity index (χ0v) is 7.38. The summed E-state index contributed by atoms with van der Waals surface area (Å²) < 4.78 is 9.69. The molecular weight excluding hydrogens is 221 g/mol. The molecule has 8 heavy (non-hydrogen) atoms. The first-order valence-corrected chi connectivity index (χ1v) is 3.07. The van der Waals surface area contributed by atoms with Crippen molar-refractivity contribution in [2.75, 3.05) is 21.2 Å². The summed E-state index contributed by atoms with van der Waals surface area (Å²) in [7, 11) is 5.36. The molecule has 4 heteroatoms. The minimum atomic E-state index is -0.226. The van der Waals surface area contributed by atoms with Gasteiger partial charge in [0.2, 0.25) is 6.41 Å². The van der Waals surface area contributed by atoms with Crippen LogP contribution in [-0.4, -0.2) is 32.5 Å². The Hall–Kier alpha value is 0.610. The number of ether oxygens (including phenoxy) is 1. The minimum absolute atomic E-state index is 0.226. The first-order chi connectivity index (χ1) is 3.72. The van der Waals surface area contributed by atoms with Crippen molar-refractivity contribution < 1.29 is 7.80 Å². The van der Waals surface area contributed by atoms with Crippen LogP contribution in [0, 0.1) is 0 Å². The van der Waals surface area contributed by atoms with Crippen LogP contribution in [0.2, 0.25) is 0 Å². The largest absolute Gasteiger partial charge is 0.342 e. The van der Waals surface area contributed by atoms with Crippen LogP contribution in [0.15, 0.2) is 0 Å². The van der Waals surface area contributed by atoms with Crippen LogP contribution in [0.1, 0.15) is 0 Å². The normalized spacial score (nSPS) is 14.6. The molecule has 0 rings (SSSR count). The summed E-state index contributed by atoms with van der Waals surface area (Å²) in [5, 5.41) is 0. The number of methoxy groups -OCH3 is 1. The molecule has 0 saturated heterocycles. The Balaban J connectivity index is 3.35. The summed E-state index contributed by atoms with van der Waals surface area (Å²) in [4.78, 5) is 1.83. The van der Waals surface area contributed by atoms with E-state index in [0.717, 1.165) is 0 Å². The summed E-state index contributed by atoms with van der Waals surface area (Å²) in [6.07, 6.45) is -0.226. The average molecular weight is 231 g/mol. The van der Waals surface area contributed by atoms with E-state index in [0.29, 0.717) is 0 Å². The van der Waals surface area contributed by atoms with Gasteiger partial charge in [-0.2, -0.15) is 0 Å². The molecule has 0 N–H and O–H groups in total. The maximum Gasteiger partial charge on any atom is 0.228 e. The lowest BCUT2D eigenvalue weighted by atomic mass is 10.9. The van der Waals surface area contributed by atoms with E-state index in [1.54, 1.807) is 30.1 Å². The van der Waals surface area contributed by atoms with Crippen LogP contribution in [0.3, 0.4) is 0 Å². The van der Waals surface area contributed by atoms with Crippen LogP contribution in [0.4, 0.5) is 0 Å². The quantitative estimate of drug-likeness (QED) is 0.530. The van der Waals surface area contributed by atoms with E-state index in [1.807, 2.05) is 19.0 Å². The first-order valence-electron chi connectivity index (χ1n) is 2.19. The fraction of sp³-hybridized carbons (Fsp3) is 1.00. The monoisotopic (exact) mass is 231 g/mol. The molecule has 0 aliphatic rings. The molecule has 0 fully saturated rings. The van der Waals surface area contributed by atoms with Gasteiger partial charge in [0.05, 0.1) is 0 Å². The van der Waals surface area contributed by atoms with Crippen LogP contribution in [0.5, 0.6) is 0 Å². The number of halogens is 1. The Bertz CT molecular complexity index is 56.0. The van der Waals surface area contributed by atoms with Gasteiger partial charge in [0.25, 0.3) is 0 Å². The van der Waals surface area contributed by atoms with Crippen LogP contribution >= 0.6 is 23.0 Å². The van der Waals surface area contributed by atoms with Gasteiger partial charge in [-0.15, -0.1) is 0 Å². The van der Waals surface area contributed by atoms with E-state index in [-0.39, 0.29) is 6.41 Å². The molecule has 0 heterocycles. The van der Waals surface area contributed by atoms with Crippen molar-refractivity contribution in [1.82, 2.24) is 4.90 Å². The van der Waals surface area contributed by atoms with E-state index < -0.39 is 0 Å². The molecular formula is C4H10INO2. The van der Waals surface area contributed by atoms with Crippen molar-refractivity contribution in [2.24, 2.45) is 0 Å². The summed E-state index contributed by atoms with van der Waals surface area (Å²) in [6.45, 7) is 0. The van der Waals surface area contributed by atoms with Crippen molar-refractivity contribution in [1.29, 1.82) is 0 Å². The lowest BCUT2D eigenvalue weighted by Gasteiger charge is -2.18. The molecule has 0 aromatic carbocycles. The molecule has 0 aromatic heterocycles. The fourth-order valence-electron chi connectivity index (χ4n) is 0.327. The Morgan fingerprint density at radius 3 is 2.00 bits per heavy atom. The van der Waals surface area contributed by atoms with E-state index >= 15 is 0 Å². The van der Waals surface area contributed by atoms with E-state index in [2.05, 4.69) is 0 Å². The first kappa shape index (κ1) is 8.61. The molecule has 0 spiro atoms. The average Bonchev–Trinajstić information content (AvgIpc) is 1.69. The molecule has 0 bridgehead atoms. The van der Waals surface area contributed by atoms with E-state index in [1.165, 1.54) is 0 Å². The molecule has 0 aliphatic heterocycles. The Morgan fingerprint density at radius 2 is 2.00 bits per heavy atom. The second kappa shape index (κ2) is 4.49. The van der Waals surface area contributed by atoms with Gasteiger partial charge in [0.1, 0.15) is 23.0 Å². The standard InChI is InChI=1S/C4H10INO2/c1-6(2)4(7-3)8-5/h4H,1-3H3. The topological polar surface area (TPSA) is 21.7 Å². The van der Waals surface area contributed by atoms with Gasteiger partial charge in [-0.05, 0) is 14.1 Å². The van der Waals surface area contributed by atoms with Crippen molar-refractivity contribution >= 4 is 23.0 Å². The second-order valence-electron chi connectivity index (χ2n) is 1.60. The molecule has 1 unspecified atom stereocenters. The molecule has 0 saturated carbocycles. The smallest absolute Gasteiger partial charge is 0.228 e. The molecule has 0 aliphatic carbocycles. The van der Waals surface area contributed by atoms with Gasteiger partial charge in [-0.25, -0.2) is 0 Å².